The van der Waals surface area contributed by atoms with E-state index in [0.717, 1.165) is 45.0 Å². The van der Waals surface area contributed by atoms with Crippen molar-refractivity contribution in [3.63, 3.8) is 0 Å². The van der Waals surface area contributed by atoms with E-state index in [-0.39, 0.29) is 5.56 Å². The minimum absolute atomic E-state index is 0.335. The van der Waals surface area contributed by atoms with Gasteiger partial charge in [0.05, 0.1) is 22.1 Å². The Balaban J connectivity index is 0.000000361. The van der Waals surface area contributed by atoms with Gasteiger partial charge >= 0.3 is 6.18 Å². The summed E-state index contributed by atoms with van der Waals surface area (Å²) in [4.78, 5) is 19.7. The fraction of sp³-hybridized carbons (Fsp3) is 0.250. The molecule has 0 heterocycles. The van der Waals surface area contributed by atoms with Crippen molar-refractivity contribution in [2.75, 3.05) is 21.1 Å². The summed E-state index contributed by atoms with van der Waals surface area (Å²) < 4.78 is 36.8. The molecule has 0 unspecified atom stereocenters. The van der Waals surface area contributed by atoms with Gasteiger partial charge in [-0.2, -0.15) is 18.4 Å². The summed E-state index contributed by atoms with van der Waals surface area (Å²) in [5.41, 5.74) is 3.33. The Bertz CT molecular complexity index is 1100. The van der Waals surface area contributed by atoms with Crippen LogP contribution in [-0.2, 0) is 11.0 Å². The molecule has 0 saturated heterocycles. The van der Waals surface area contributed by atoms with Crippen LogP contribution >= 0.6 is 11.8 Å². The van der Waals surface area contributed by atoms with Gasteiger partial charge in [0.2, 0.25) is 0 Å². The summed E-state index contributed by atoms with van der Waals surface area (Å²) >= 11 is 1.11. The van der Waals surface area contributed by atoms with Crippen molar-refractivity contribution < 1.29 is 18.0 Å². The number of aryl methyl sites for hydroxylation is 2. The molecule has 33 heavy (non-hydrogen) atoms. The Kier molecular flexibility index (Phi) is 11.1. The zero-order valence-electron chi connectivity index (χ0n) is 19.0. The molecule has 0 aliphatic rings. The number of hydrogen-bond acceptors (Lipinski definition) is 5. The van der Waals surface area contributed by atoms with Gasteiger partial charge in [0.25, 0.3) is 0 Å². The molecule has 2 aromatic rings. The molecule has 0 aromatic heterocycles. The van der Waals surface area contributed by atoms with Crippen LogP contribution in [-0.4, -0.2) is 38.8 Å². The van der Waals surface area contributed by atoms with E-state index >= 15 is 0 Å². The molecule has 5 nitrogen and oxygen atoms in total. The summed E-state index contributed by atoms with van der Waals surface area (Å²) in [5.74, 6) is 0.688. The van der Waals surface area contributed by atoms with Crippen molar-refractivity contribution in [1.29, 1.82) is 5.26 Å². The topological polar surface area (TPSA) is 77.6 Å². The van der Waals surface area contributed by atoms with E-state index in [1.165, 1.54) is 18.2 Å². The molecule has 0 radical (unpaired) electrons. The Morgan fingerprint density at radius 1 is 1.15 bits per heavy atom. The van der Waals surface area contributed by atoms with Crippen molar-refractivity contribution >= 4 is 35.5 Å². The second-order valence-corrected chi connectivity index (χ2v) is 7.57. The van der Waals surface area contributed by atoms with E-state index in [9.17, 15) is 18.0 Å². The summed E-state index contributed by atoms with van der Waals surface area (Å²) in [6, 6.07) is 11.2. The number of thioether (sulfide) groups is 1. The van der Waals surface area contributed by atoms with Crippen LogP contribution in [0.2, 0.25) is 0 Å². The van der Waals surface area contributed by atoms with Crippen LogP contribution in [0.5, 0.6) is 0 Å². The van der Waals surface area contributed by atoms with Gasteiger partial charge in [0, 0.05) is 27.4 Å². The van der Waals surface area contributed by atoms with Gasteiger partial charge in [-0.3, -0.25) is 14.8 Å². The van der Waals surface area contributed by atoms with Gasteiger partial charge < -0.3 is 5.32 Å². The molecule has 174 valence electrons. The molecule has 9 heteroatoms. The first-order valence-corrected chi connectivity index (χ1v) is 10.6. The molecule has 0 atom stereocenters. The number of nitriles is 1. The molecule has 1 N–H and O–H groups in total. The average Bonchev–Trinajstić information content (AvgIpc) is 2.77. The van der Waals surface area contributed by atoms with Crippen LogP contribution in [0.3, 0.4) is 0 Å². The number of rotatable bonds is 5. The number of alkyl halides is 3. The lowest BCUT2D eigenvalue weighted by Crippen LogP contribution is -2.19. The van der Waals surface area contributed by atoms with E-state index in [1.807, 2.05) is 37.4 Å². The smallest absolute Gasteiger partial charge is 0.373 e. The largest absolute Gasteiger partial charge is 0.417 e. The van der Waals surface area contributed by atoms with Crippen LogP contribution in [0, 0.1) is 25.2 Å². The van der Waals surface area contributed by atoms with E-state index in [4.69, 9.17) is 5.26 Å². The number of benzene rings is 2. The van der Waals surface area contributed by atoms with E-state index in [0.29, 0.717) is 11.4 Å². The fourth-order valence-corrected chi connectivity index (χ4v) is 3.34. The predicted octanol–water partition coefficient (Wildman–Crippen LogP) is 5.44. The van der Waals surface area contributed by atoms with Crippen molar-refractivity contribution in [3.05, 3.63) is 74.7 Å². The highest BCUT2D eigenvalue weighted by Gasteiger charge is 2.33. The Morgan fingerprint density at radius 3 is 2.36 bits per heavy atom. The Hall–Kier alpha value is -3.38. The lowest BCUT2D eigenvalue weighted by atomic mass is 10.1. The second kappa shape index (κ2) is 13.2. The lowest BCUT2D eigenvalue weighted by molar-refractivity contribution is -0.137. The van der Waals surface area contributed by atoms with Crippen LogP contribution in [0.4, 0.5) is 13.2 Å². The molecule has 2 rings (SSSR count). The Labute approximate surface area is 196 Å². The predicted molar refractivity (Wildman–Crippen MR) is 130 cm³/mol. The number of halogens is 3. The van der Waals surface area contributed by atoms with Gasteiger partial charge in [-0.25, -0.2) is 0 Å². The number of carbonyl (C=O) groups excluding carboxylic acids is 1. The Morgan fingerprint density at radius 2 is 1.85 bits per heavy atom. The quantitative estimate of drug-likeness (QED) is 0.356. The van der Waals surface area contributed by atoms with Crippen LogP contribution in [0.25, 0.3) is 6.08 Å². The minimum Gasteiger partial charge on any atom is -0.373 e. The molecular weight excluding hydrogens is 449 g/mol. The third-order valence-electron chi connectivity index (χ3n) is 4.34. The monoisotopic (exact) mass is 474 g/mol. The number of nitrogens with zero attached hydrogens (tertiary/aromatic N) is 3. The van der Waals surface area contributed by atoms with Gasteiger partial charge in [0.1, 0.15) is 5.84 Å². The normalized spacial score (nSPS) is 12.1. The fourth-order valence-electron chi connectivity index (χ4n) is 2.72. The third-order valence-corrected chi connectivity index (χ3v) is 5.00. The van der Waals surface area contributed by atoms with Crippen molar-refractivity contribution in [2.45, 2.75) is 20.0 Å². The van der Waals surface area contributed by atoms with E-state index in [2.05, 4.69) is 15.3 Å². The summed E-state index contributed by atoms with van der Waals surface area (Å²) in [5, 5.41) is 11.4. The second-order valence-electron chi connectivity index (χ2n) is 6.71. The minimum atomic E-state index is -4.45. The average molecular weight is 475 g/mol. The molecular formula is C24H25F3N4OS. The summed E-state index contributed by atoms with van der Waals surface area (Å²) in [6.45, 7) is 3.59. The van der Waals surface area contributed by atoms with Crippen molar-refractivity contribution in [3.8, 4) is 6.07 Å². The van der Waals surface area contributed by atoms with Crippen LogP contribution < -0.4 is 5.32 Å². The van der Waals surface area contributed by atoms with Gasteiger partial charge in [-0.05, 0) is 54.8 Å². The number of hydrogen-bond donors (Lipinski definition) is 1. The highest BCUT2D eigenvalue weighted by Crippen LogP contribution is 2.32. The van der Waals surface area contributed by atoms with E-state index < -0.39 is 11.7 Å². The SMILES string of the molecule is CN=Cc1cc(/C=C(\SC=O)C(=NC)NC)ccc1C.Cc1ccc(C#N)c(C(F)(F)F)c1. The zero-order chi connectivity index (χ0) is 25.0. The first-order valence-electron chi connectivity index (χ1n) is 9.68. The van der Waals surface area contributed by atoms with Crippen LogP contribution in [0.15, 0.2) is 51.3 Å². The molecule has 0 spiro atoms. The van der Waals surface area contributed by atoms with Crippen LogP contribution in [0.1, 0.15) is 33.4 Å². The first-order chi connectivity index (χ1) is 15.6. The maximum Gasteiger partial charge on any atom is 0.417 e. The number of carbonyl (C=O) groups is 1. The standard InChI is InChI=1S/C15H19N3OS.C9H6F3N/c1-11-5-6-12(7-13(11)9-16-2)8-14(20-10-19)15(17-3)18-4;1-6-2-3-7(5-13)8(4-6)9(10,11)12/h5-10H,1-4H3,(H,17,18);2-4H,1H3/b14-8-,16-9?;. The number of aliphatic imine (C=N–C) groups is 2. The molecule has 2 aromatic carbocycles. The first kappa shape index (κ1) is 27.7. The molecule has 0 saturated carbocycles. The molecule has 0 amide bonds. The number of amidine groups is 1. The van der Waals surface area contributed by atoms with Crippen molar-refractivity contribution in [2.24, 2.45) is 9.98 Å². The van der Waals surface area contributed by atoms with Crippen molar-refractivity contribution in [1.82, 2.24) is 5.32 Å². The van der Waals surface area contributed by atoms with Gasteiger partial charge in [0.15, 0.2) is 5.62 Å². The molecule has 0 aliphatic heterocycles. The van der Waals surface area contributed by atoms with Gasteiger partial charge in [-0.15, -0.1) is 0 Å². The summed E-state index contributed by atoms with van der Waals surface area (Å²) in [7, 11) is 5.22. The molecule has 0 aliphatic carbocycles. The molecule has 0 fully saturated rings. The highest BCUT2D eigenvalue weighted by atomic mass is 32.2. The maximum absolute atomic E-state index is 12.3. The lowest BCUT2D eigenvalue weighted by Gasteiger charge is -2.08. The summed E-state index contributed by atoms with van der Waals surface area (Å²) in [6.07, 6.45) is -0.687. The number of nitrogens with one attached hydrogen (secondary N) is 1. The van der Waals surface area contributed by atoms with E-state index in [1.54, 1.807) is 28.1 Å². The number of likely N-dealkylation sites (N-methyl/N-ethyl adjacent to an activating group) is 1. The highest BCUT2D eigenvalue weighted by molar-refractivity contribution is 8.16. The maximum atomic E-state index is 12.3. The molecule has 0 bridgehead atoms. The third kappa shape index (κ3) is 8.58. The van der Waals surface area contributed by atoms with Gasteiger partial charge in [-0.1, -0.05) is 35.5 Å². The zero-order valence-corrected chi connectivity index (χ0v) is 19.8.